The van der Waals surface area contributed by atoms with E-state index in [1.807, 2.05) is 40.7 Å². The summed E-state index contributed by atoms with van der Waals surface area (Å²) < 4.78 is 44.2. The molecule has 2 aromatic rings. The monoisotopic (exact) mass is 461 g/mol. The summed E-state index contributed by atoms with van der Waals surface area (Å²) in [4.78, 5) is 0. The molecule has 0 amide bonds. The predicted octanol–water partition coefficient (Wildman–Crippen LogP) is 1.10. The van der Waals surface area contributed by atoms with Crippen molar-refractivity contribution in [3.8, 4) is 16.9 Å². The molecule has 0 bridgehead atoms. The Balaban J connectivity index is 2.14. The van der Waals surface area contributed by atoms with Crippen LogP contribution in [-0.4, -0.2) is 56.8 Å². The molecule has 1 aliphatic heterocycles. The van der Waals surface area contributed by atoms with Crippen molar-refractivity contribution in [3.05, 3.63) is 36.4 Å². The van der Waals surface area contributed by atoms with Gasteiger partial charge in [0, 0.05) is 5.69 Å². The van der Waals surface area contributed by atoms with Gasteiger partial charge in [-0.15, -0.1) is 0 Å². The summed E-state index contributed by atoms with van der Waals surface area (Å²) in [7, 11) is -5.93. The summed E-state index contributed by atoms with van der Waals surface area (Å²) in [5.74, 6) is 0.465. The number of ether oxygens (including phenoxy) is 1. The molecule has 11 heteroatoms. The van der Waals surface area contributed by atoms with E-state index in [4.69, 9.17) is 14.0 Å². The molecule has 2 aromatic carbocycles. The lowest BCUT2D eigenvalue weighted by Gasteiger charge is -2.32. The lowest BCUT2D eigenvalue weighted by Crippen LogP contribution is -2.41. The van der Waals surface area contributed by atoms with Crippen molar-refractivity contribution in [1.82, 2.24) is 0 Å². The molecule has 0 unspecified atom stereocenters. The van der Waals surface area contributed by atoms with Crippen LogP contribution in [0.15, 0.2) is 36.4 Å². The van der Waals surface area contributed by atoms with Crippen molar-refractivity contribution in [2.45, 2.75) is 45.8 Å². The maximum atomic E-state index is 11.9. The Bertz CT molecular complexity index is 1090. The number of sulfonamides is 1. The van der Waals surface area contributed by atoms with Crippen LogP contribution in [0.1, 0.15) is 34.6 Å². The van der Waals surface area contributed by atoms with E-state index in [-0.39, 0.29) is 5.46 Å². The lowest BCUT2D eigenvalue weighted by molar-refractivity contribution is 0.00578. The van der Waals surface area contributed by atoms with Gasteiger partial charge in [0.05, 0.1) is 24.1 Å². The largest absolute Gasteiger partial charge is 0.494 e. The van der Waals surface area contributed by atoms with Crippen LogP contribution in [-0.2, 0) is 19.3 Å². The van der Waals surface area contributed by atoms with Gasteiger partial charge in [0.15, 0.2) is 0 Å². The van der Waals surface area contributed by atoms with E-state index in [0.717, 1.165) is 6.26 Å². The Labute approximate surface area is 190 Å². The SMILES string of the molecule is CCOc1cc(B(O)O)cc(-c2cc(NS(C)(=O)=O)cc(B3OC(C)(C)C(C)(C)O3)c2)c1. The first-order valence-corrected chi connectivity index (χ1v) is 12.2. The fourth-order valence-electron chi connectivity index (χ4n) is 3.39. The highest BCUT2D eigenvalue weighted by atomic mass is 32.2. The topological polar surface area (TPSA) is 114 Å². The molecule has 0 aromatic heterocycles. The van der Waals surface area contributed by atoms with Crippen LogP contribution in [0.4, 0.5) is 5.69 Å². The third-order valence-electron chi connectivity index (χ3n) is 5.66. The summed E-state index contributed by atoms with van der Waals surface area (Å²) in [6.07, 6.45) is 1.07. The minimum absolute atomic E-state index is 0.254. The molecule has 3 rings (SSSR count). The summed E-state index contributed by atoms with van der Waals surface area (Å²) in [5, 5.41) is 19.4. The van der Waals surface area contributed by atoms with E-state index in [1.54, 1.807) is 30.3 Å². The minimum atomic E-state index is -3.54. The quantitative estimate of drug-likeness (QED) is 0.530. The standard InChI is InChI=1S/C21H29B2NO7S/c1-7-29-19-11-15(8-16(13-19)22(25)26)14-9-17(12-18(10-14)24-32(6,27)28)23-30-20(2,3)21(4,5)31-23/h8-13,24-26H,7H2,1-6H3. The van der Waals surface area contributed by atoms with Crippen LogP contribution in [0.25, 0.3) is 11.1 Å². The highest BCUT2D eigenvalue weighted by Crippen LogP contribution is 2.37. The zero-order valence-electron chi connectivity index (χ0n) is 19.2. The molecule has 172 valence electrons. The van der Waals surface area contributed by atoms with Gasteiger partial charge in [-0.05, 0) is 80.9 Å². The molecular weight excluding hydrogens is 432 g/mol. The lowest BCUT2D eigenvalue weighted by atomic mass is 9.76. The van der Waals surface area contributed by atoms with Crippen LogP contribution in [0, 0.1) is 0 Å². The molecular formula is C21H29B2NO7S. The molecule has 1 saturated heterocycles. The fraction of sp³-hybridized carbons (Fsp3) is 0.429. The van der Waals surface area contributed by atoms with E-state index in [2.05, 4.69) is 4.72 Å². The maximum Gasteiger partial charge on any atom is 0.494 e. The molecule has 32 heavy (non-hydrogen) atoms. The normalized spacial score (nSPS) is 17.3. The van der Waals surface area contributed by atoms with Gasteiger partial charge in [-0.2, -0.15) is 0 Å². The van der Waals surface area contributed by atoms with Crippen LogP contribution in [0.3, 0.4) is 0 Å². The molecule has 8 nitrogen and oxygen atoms in total. The van der Waals surface area contributed by atoms with Crippen molar-refractivity contribution in [2.24, 2.45) is 0 Å². The second-order valence-electron chi connectivity index (χ2n) is 8.90. The van der Waals surface area contributed by atoms with Crippen LogP contribution in [0.5, 0.6) is 5.75 Å². The van der Waals surface area contributed by atoms with Gasteiger partial charge in [0.25, 0.3) is 0 Å². The average molecular weight is 461 g/mol. The Morgan fingerprint density at radius 1 is 1.00 bits per heavy atom. The van der Waals surface area contributed by atoms with Crippen LogP contribution in [0.2, 0.25) is 0 Å². The minimum Gasteiger partial charge on any atom is -0.494 e. The van der Waals surface area contributed by atoms with E-state index in [0.29, 0.717) is 34.6 Å². The first-order valence-electron chi connectivity index (χ1n) is 10.3. The van der Waals surface area contributed by atoms with Gasteiger partial charge < -0.3 is 24.1 Å². The molecule has 3 N–H and O–H groups in total. The zero-order chi connectivity index (χ0) is 23.9. The Hall–Kier alpha value is -2.04. The van der Waals surface area contributed by atoms with Crippen LogP contribution < -0.4 is 20.4 Å². The molecule has 0 aliphatic carbocycles. The van der Waals surface area contributed by atoms with Gasteiger partial charge in [0.1, 0.15) is 5.75 Å². The van der Waals surface area contributed by atoms with E-state index < -0.39 is 35.5 Å². The third kappa shape index (κ3) is 5.47. The van der Waals surface area contributed by atoms with Gasteiger partial charge >= 0.3 is 14.2 Å². The summed E-state index contributed by atoms with van der Waals surface area (Å²) in [6, 6.07) is 10.1. The zero-order valence-corrected chi connectivity index (χ0v) is 20.0. The molecule has 0 radical (unpaired) electrons. The maximum absolute atomic E-state index is 11.9. The van der Waals surface area contributed by atoms with Crippen molar-refractivity contribution in [1.29, 1.82) is 0 Å². The summed E-state index contributed by atoms with van der Waals surface area (Å²) in [6.45, 7) is 9.98. The number of benzene rings is 2. The van der Waals surface area contributed by atoms with Crippen molar-refractivity contribution in [3.63, 3.8) is 0 Å². The molecule has 0 atom stereocenters. The second kappa shape index (κ2) is 8.72. The highest BCUT2D eigenvalue weighted by Gasteiger charge is 2.51. The molecule has 1 heterocycles. The third-order valence-corrected chi connectivity index (χ3v) is 6.26. The van der Waals surface area contributed by atoms with Crippen molar-refractivity contribution in [2.75, 3.05) is 17.6 Å². The number of hydrogen-bond acceptors (Lipinski definition) is 7. The van der Waals surface area contributed by atoms with Gasteiger partial charge in [-0.3, -0.25) is 4.72 Å². The first kappa shape index (κ1) is 24.6. The smallest absolute Gasteiger partial charge is 0.494 e. The Kier molecular flexibility index (Phi) is 6.70. The van der Waals surface area contributed by atoms with Crippen molar-refractivity contribution >= 4 is 40.9 Å². The predicted molar refractivity (Wildman–Crippen MR) is 127 cm³/mol. The van der Waals surface area contributed by atoms with E-state index >= 15 is 0 Å². The Morgan fingerprint density at radius 2 is 1.59 bits per heavy atom. The highest BCUT2D eigenvalue weighted by molar-refractivity contribution is 7.92. The van der Waals surface area contributed by atoms with E-state index in [9.17, 15) is 18.5 Å². The molecule has 0 spiro atoms. The van der Waals surface area contributed by atoms with Gasteiger partial charge in [-0.25, -0.2) is 8.42 Å². The molecule has 1 aliphatic rings. The summed E-state index contributed by atoms with van der Waals surface area (Å²) >= 11 is 0. The van der Waals surface area contributed by atoms with E-state index in [1.165, 1.54) is 0 Å². The second-order valence-corrected chi connectivity index (χ2v) is 10.7. The Morgan fingerprint density at radius 3 is 2.12 bits per heavy atom. The summed E-state index contributed by atoms with van der Waals surface area (Å²) in [5.41, 5.74) is 1.33. The van der Waals surface area contributed by atoms with Crippen LogP contribution >= 0.6 is 0 Å². The number of anilines is 1. The number of rotatable bonds is 7. The molecule has 1 fully saturated rings. The average Bonchev–Trinajstić information content (AvgIpc) is 2.87. The number of hydrogen-bond donors (Lipinski definition) is 3. The fourth-order valence-corrected chi connectivity index (χ4v) is 3.94. The first-order chi connectivity index (χ1) is 14.7. The van der Waals surface area contributed by atoms with Gasteiger partial charge in [0.2, 0.25) is 10.0 Å². The molecule has 0 saturated carbocycles. The number of nitrogens with one attached hydrogen (secondary N) is 1. The van der Waals surface area contributed by atoms with Gasteiger partial charge in [-0.1, -0.05) is 12.1 Å². The van der Waals surface area contributed by atoms with Crippen molar-refractivity contribution < 1.29 is 32.5 Å².